The zero-order valence-corrected chi connectivity index (χ0v) is 14.3. The van der Waals surface area contributed by atoms with Crippen LogP contribution in [0.25, 0.3) is 5.69 Å². The van der Waals surface area contributed by atoms with Crippen LogP contribution < -0.4 is 10.5 Å². The summed E-state index contributed by atoms with van der Waals surface area (Å²) in [6.45, 7) is 0. The number of nitrogens with two attached hydrogens (primary N) is 1. The summed E-state index contributed by atoms with van der Waals surface area (Å²) in [5.41, 5.74) is 6.35. The monoisotopic (exact) mass is 376 g/mol. The van der Waals surface area contributed by atoms with Gasteiger partial charge in [0.1, 0.15) is 5.69 Å². The Kier molecular flexibility index (Phi) is 4.47. The maximum Gasteiger partial charge on any atom is 0.269 e. The number of carbonyl (C=O) groups excluding carboxylic acids is 1. The predicted octanol–water partition coefficient (Wildman–Crippen LogP) is 2.43. The van der Waals surface area contributed by atoms with Gasteiger partial charge in [0.15, 0.2) is 0 Å². The molecule has 25 heavy (non-hydrogen) atoms. The second-order valence-corrected chi connectivity index (χ2v) is 7.23. The molecule has 0 aliphatic heterocycles. The average molecular weight is 377 g/mol. The fraction of sp³-hybridized carbons (Fsp3) is 0. The summed E-state index contributed by atoms with van der Waals surface area (Å²) in [6.07, 6.45) is 1.59. The van der Waals surface area contributed by atoms with Gasteiger partial charge in [-0.3, -0.25) is 9.52 Å². The topological polar surface area (TPSA) is 107 Å². The third kappa shape index (κ3) is 3.81. The molecule has 3 rings (SSSR count). The van der Waals surface area contributed by atoms with E-state index in [4.69, 9.17) is 17.3 Å². The Morgan fingerprint density at radius 1 is 1.04 bits per heavy atom. The van der Waals surface area contributed by atoms with Crippen molar-refractivity contribution in [1.29, 1.82) is 0 Å². The number of halogens is 1. The van der Waals surface area contributed by atoms with Crippen LogP contribution in [-0.2, 0) is 10.0 Å². The number of nitrogens with zero attached hydrogens (tertiary/aromatic N) is 2. The lowest BCUT2D eigenvalue weighted by Gasteiger charge is -2.09. The first-order valence-electron chi connectivity index (χ1n) is 7.09. The fourth-order valence-electron chi connectivity index (χ4n) is 2.11. The molecule has 3 aromatic rings. The molecule has 0 spiro atoms. The number of benzene rings is 2. The van der Waals surface area contributed by atoms with Crippen LogP contribution in [0.4, 0.5) is 5.69 Å². The van der Waals surface area contributed by atoms with E-state index in [0.717, 1.165) is 0 Å². The normalized spacial score (nSPS) is 11.2. The van der Waals surface area contributed by atoms with E-state index in [1.165, 1.54) is 35.0 Å². The van der Waals surface area contributed by atoms with Crippen LogP contribution >= 0.6 is 11.6 Å². The van der Waals surface area contributed by atoms with Crippen molar-refractivity contribution in [3.05, 3.63) is 71.5 Å². The molecule has 0 atom stereocenters. The van der Waals surface area contributed by atoms with Gasteiger partial charge >= 0.3 is 0 Å². The number of primary amides is 1. The molecular weight excluding hydrogens is 364 g/mol. The summed E-state index contributed by atoms with van der Waals surface area (Å²) in [4.78, 5) is 11.2. The molecule has 3 N–H and O–H groups in total. The van der Waals surface area contributed by atoms with Crippen molar-refractivity contribution in [3.8, 4) is 5.69 Å². The Morgan fingerprint density at radius 3 is 2.24 bits per heavy atom. The summed E-state index contributed by atoms with van der Waals surface area (Å²) in [6, 6.07) is 13.9. The molecule has 128 valence electrons. The van der Waals surface area contributed by atoms with Gasteiger partial charge in [-0.15, -0.1) is 0 Å². The molecule has 0 aliphatic carbocycles. The molecule has 1 aromatic heterocycles. The first-order chi connectivity index (χ1) is 11.8. The van der Waals surface area contributed by atoms with Crippen LogP contribution in [0.3, 0.4) is 0 Å². The van der Waals surface area contributed by atoms with E-state index in [1.54, 1.807) is 30.5 Å². The first-order valence-corrected chi connectivity index (χ1v) is 8.95. The fourth-order valence-corrected chi connectivity index (χ4v) is 3.29. The van der Waals surface area contributed by atoms with Gasteiger partial charge in [-0.25, -0.2) is 13.1 Å². The first kappa shape index (κ1) is 17.0. The van der Waals surface area contributed by atoms with Crippen LogP contribution in [0.5, 0.6) is 0 Å². The Hall–Kier alpha value is -2.84. The highest BCUT2D eigenvalue weighted by Gasteiger charge is 2.14. The van der Waals surface area contributed by atoms with Gasteiger partial charge in [-0.2, -0.15) is 5.10 Å². The Morgan fingerprint density at radius 2 is 1.68 bits per heavy atom. The number of carbonyl (C=O) groups is 1. The lowest BCUT2D eigenvalue weighted by Crippen LogP contribution is -2.13. The van der Waals surface area contributed by atoms with Crippen LogP contribution in [0.15, 0.2) is 65.7 Å². The summed E-state index contributed by atoms with van der Waals surface area (Å²) in [7, 11) is -3.71. The van der Waals surface area contributed by atoms with Crippen molar-refractivity contribution in [2.45, 2.75) is 4.90 Å². The molecule has 0 bridgehead atoms. The van der Waals surface area contributed by atoms with Crippen molar-refractivity contribution in [3.63, 3.8) is 0 Å². The van der Waals surface area contributed by atoms with Crippen LogP contribution in [0, 0.1) is 0 Å². The van der Waals surface area contributed by atoms with E-state index in [9.17, 15) is 13.2 Å². The number of hydrogen-bond acceptors (Lipinski definition) is 4. The molecule has 0 aliphatic rings. The lowest BCUT2D eigenvalue weighted by atomic mass is 10.3. The van der Waals surface area contributed by atoms with Crippen LogP contribution in [-0.4, -0.2) is 24.1 Å². The van der Waals surface area contributed by atoms with Gasteiger partial charge in [0.2, 0.25) is 0 Å². The highest BCUT2D eigenvalue weighted by atomic mass is 35.5. The second kappa shape index (κ2) is 6.58. The van der Waals surface area contributed by atoms with Gasteiger partial charge in [-0.05, 0) is 54.6 Å². The Labute approximate surface area is 149 Å². The SMILES string of the molecule is NC(=O)c1ccn(-c2ccc(NS(=O)(=O)c3ccc(Cl)cc3)cc2)n1. The second-order valence-electron chi connectivity index (χ2n) is 5.12. The summed E-state index contributed by atoms with van der Waals surface area (Å²) in [5, 5.41) is 4.49. The third-order valence-corrected chi connectivity index (χ3v) is 5.00. The molecule has 9 heteroatoms. The van der Waals surface area contributed by atoms with Crippen molar-refractivity contribution in [1.82, 2.24) is 9.78 Å². The van der Waals surface area contributed by atoms with Gasteiger partial charge in [0.05, 0.1) is 10.6 Å². The zero-order chi connectivity index (χ0) is 18.0. The minimum absolute atomic E-state index is 0.110. The molecule has 1 heterocycles. The number of aromatic nitrogens is 2. The van der Waals surface area contributed by atoms with Crippen molar-refractivity contribution in [2.75, 3.05) is 4.72 Å². The number of sulfonamides is 1. The molecular formula is C16H13ClN4O3S. The van der Waals surface area contributed by atoms with E-state index in [-0.39, 0.29) is 10.6 Å². The number of rotatable bonds is 5. The quantitative estimate of drug-likeness (QED) is 0.712. The van der Waals surface area contributed by atoms with E-state index in [2.05, 4.69) is 9.82 Å². The van der Waals surface area contributed by atoms with Crippen molar-refractivity contribution < 1.29 is 13.2 Å². The standard InChI is InChI=1S/C16H13ClN4O3S/c17-11-1-7-14(8-2-11)25(23,24)20-12-3-5-13(6-4-12)21-10-9-15(19-21)16(18)22/h1-10,20H,(H2,18,22). The number of nitrogens with one attached hydrogen (secondary N) is 1. The smallest absolute Gasteiger partial charge is 0.269 e. The lowest BCUT2D eigenvalue weighted by molar-refractivity contribution is 0.0995. The van der Waals surface area contributed by atoms with Crippen LogP contribution in [0.2, 0.25) is 5.02 Å². The van der Waals surface area contributed by atoms with Crippen molar-refractivity contribution >= 4 is 33.2 Å². The van der Waals surface area contributed by atoms with Gasteiger partial charge in [0.25, 0.3) is 15.9 Å². The molecule has 0 unspecified atom stereocenters. The van der Waals surface area contributed by atoms with Crippen LogP contribution in [0.1, 0.15) is 10.5 Å². The molecule has 0 saturated heterocycles. The maximum absolute atomic E-state index is 12.3. The largest absolute Gasteiger partial charge is 0.364 e. The number of hydrogen-bond donors (Lipinski definition) is 2. The molecule has 2 aromatic carbocycles. The van der Waals surface area contributed by atoms with Gasteiger partial charge in [-0.1, -0.05) is 11.6 Å². The van der Waals surface area contributed by atoms with E-state index in [0.29, 0.717) is 16.4 Å². The minimum Gasteiger partial charge on any atom is -0.364 e. The molecule has 0 radical (unpaired) electrons. The Balaban J connectivity index is 1.80. The minimum atomic E-state index is -3.71. The molecule has 0 saturated carbocycles. The Bertz CT molecular complexity index is 1010. The third-order valence-electron chi connectivity index (χ3n) is 3.35. The van der Waals surface area contributed by atoms with Gasteiger partial charge in [0, 0.05) is 16.9 Å². The predicted molar refractivity (Wildman–Crippen MR) is 94.3 cm³/mol. The molecule has 0 fully saturated rings. The van der Waals surface area contributed by atoms with Gasteiger partial charge < -0.3 is 5.73 Å². The van der Waals surface area contributed by atoms with E-state index < -0.39 is 15.9 Å². The van der Waals surface area contributed by atoms with Crippen molar-refractivity contribution in [2.24, 2.45) is 5.73 Å². The molecule has 7 nitrogen and oxygen atoms in total. The highest BCUT2D eigenvalue weighted by Crippen LogP contribution is 2.19. The number of anilines is 1. The summed E-state index contributed by atoms with van der Waals surface area (Å²) < 4.78 is 28.6. The summed E-state index contributed by atoms with van der Waals surface area (Å²) >= 11 is 5.77. The van der Waals surface area contributed by atoms with E-state index in [1.807, 2.05) is 0 Å². The highest BCUT2D eigenvalue weighted by molar-refractivity contribution is 7.92. The summed E-state index contributed by atoms with van der Waals surface area (Å²) in [5.74, 6) is -0.619. The van der Waals surface area contributed by atoms with E-state index >= 15 is 0 Å². The maximum atomic E-state index is 12.3. The molecule has 1 amide bonds. The average Bonchev–Trinajstić information content (AvgIpc) is 3.06. The zero-order valence-electron chi connectivity index (χ0n) is 12.8. The number of amides is 1.